The minimum atomic E-state index is 0.506. The van der Waals surface area contributed by atoms with Crippen molar-refractivity contribution in [2.45, 2.75) is 33.6 Å². The van der Waals surface area contributed by atoms with Crippen molar-refractivity contribution in [3.63, 3.8) is 0 Å². The van der Waals surface area contributed by atoms with Crippen LogP contribution in [-0.2, 0) is 0 Å². The lowest BCUT2D eigenvalue weighted by molar-refractivity contribution is -0.0743. The van der Waals surface area contributed by atoms with Gasteiger partial charge in [-0.2, -0.15) is 0 Å². The van der Waals surface area contributed by atoms with Crippen LogP contribution < -0.4 is 4.74 Å². The van der Waals surface area contributed by atoms with Gasteiger partial charge in [-0.15, -0.1) is 0 Å². The highest BCUT2D eigenvalue weighted by Gasteiger charge is 2.16. The number of fused-ring (bicyclic) bond motifs is 1. The maximum absolute atomic E-state index is 5.18. The average Bonchev–Trinajstić information content (AvgIpc) is 2.98. The summed E-state index contributed by atoms with van der Waals surface area (Å²) >= 11 is 0. The highest BCUT2D eigenvalue weighted by atomic mass is 16.5. The van der Waals surface area contributed by atoms with E-state index in [1.165, 1.54) is 33.4 Å². The van der Waals surface area contributed by atoms with Gasteiger partial charge in [0.15, 0.2) is 0 Å². The molecule has 0 aromatic heterocycles. The van der Waals surface area contributed by atoms with E-state index in [0.717, 1.165) is 22.7 Å². The molecule has 0 unspecified atom stereocenters. The topological polar surface area (TPSA) is 35.7 Å². The number of hydrogen-bond donors (Lipinski definition) is 0. The van der Waals surface area contributed by atoms with Gasteiger partial charge in [0, 0.05) is 12.2 Å². The predicted octanol–water partition coefficient (Wildman–Crippen LogP) is 7.48. The Morgan fingerprint density at radius 1 is 0.875 bits per heavy atom. The quantitative estimate of drug-likeness (QED) is 0.318. The van der Waals surface area contributed by atoms with Crippen LogP contribution >= 0.6 is 0 Å². The summed E-state index contributed by atoms with van der Waals surface area (Å²) in [6, 6.07) is 16.7. The van der Waals surface area contributed by atoms with E-state index >= 15 is 0 Å². The standard InChI is InChI=1S/C29H29N2O/c1-19(2)23-9-6-20(3)29-24(16-21(4)28(29)18-23)17-22-7-10-25(11-8-22)30-31-26-12-14-27(32-5)15-13-26/h6-19H,1-5H3/q+1. The molecule has 0 spiro atoms. The van der Waals surface area contributed by atoms with E-state index in [1.807, 2.05) is 36.4 Å². The lowest BCUT2D eigenvalue weighted by Gasteiger charge is -2.05. The molecular weight excluding hydrogens is 392 g/mol. The molecule has 1 aromatic carbocycles. The van der Waals surface area contributed by atoms with Crippen molar-refractivity contribution in [1.82, 2.24) is 0 Å². The number of ether oxygens (including phenoxy) is 1. The zero-order valence-electron chi connectivity index (χ0n) is 19.4. The molecule has 0 bridgehead atoms. The van der Waals surface area contributed by atoms with E-state index in [2.05, 4.69) is 80.1 Å². The average molecular weight is 422 g/mol. The second-order valence-electron chi connectivity index (χ2n) is 8.52. The number of hydrogen-bond acceptors (Lipinski definition) is 2. The number of benzene rings is 1. The number of rotatable bonds is 4. The summed E-state index contributed by atoms with van der Waals surface area (Å²) in [6.45, 7) is 8.89. The summed E-state index contributed by atoms with van der Waals surface area (Å²) < 4.78 is 5.18. The van der Waals surface area contributed by atoms with Crippen molar-refractivity contribution in [2.75, 3.05) is 7.11 Å². The molecule has 3 aliphatic carbocycles. The first kappa shape index (κ1) is 21.5. The molecule has 160 valence electrons. The van der Waals surface area contributed by atoms with E-state index in [9.17, 15) is 0 Å². The van der Waals surface area contributed by atoms with Crippen LogP contribution in [0.5, 0.6) is 5.75 Å². The van der Waals surface area contributed by atoms with Gasteiger partial charge in [0.25, 0.3) is 0 Å². The molecule has 32 heavy (non-hydrogen) atoms. The predicted molar refractivity (Wildman–Crippen MR) is 133 cm³/mol. The number of aryl methyl sites for hydroxylation is 2. The minimum absolute atomic E-state index is 0.506. The molecule has 3 aliphatic rings. The third-order valence-electron chi connectivity index (χ3n) is 5.82. The van der Waals surface area contributed by atoms with E-state index < -0.39 is 0 Å². The van der Waals surface area contributed by atoms with Crippen LogP contribution in [-0.4, -0.2) is 17.6 Å². The molecule has 0 saturated heterocycles. The van der Waals surface area contributed by atoms with Gasteiger partial charge in [0.2, 0.25) is 0 Å². The summed E-state index contributed by atoms with van der Waals surface area (Å²) in [5.74, 6) is 1.31. The van der Waals surface area contributed by atoms with Crippen LogP contribution in [0.25, 0.3) is 17.2 Å². The van der Waals surface area contributed by atoms with Crippen molar-refractivity contribution >= 4 is 17.5 Å². The Hall–Kier alpha value is -3.68. The van der Waals surface area contributed by atoms with E-state index in [0.29, 0.717) is 5.92 Å². The first-order chi connectivity index (χ1) is 15.4. The smallest absolute Gasteiger partial charge is 0.365 e. The van der Waals surface area contributed by atoms with Crippen LogP contribution in [0.4, 0.5) is 5.69 Å². The number of nitrogens with zero attached hydrogens (tertiary/aromatic N) is 2. The highest BCUT2D eigenvalue weighted by molar-refractivity contribution is 6.02. The van der Waals surface area contributed by atoms with Crippen molar-refractivity contribution < 1.29 is 9.53 Å². The zero-order chi connectivity index (χ0) is 22.7. The van der Waals surface area contributed by atoms with Crippen molar-refractivity contribution in [3.8, 4) is 16.9 Å². The first-order valence-electron chi connectivity index (χ1n) is 11.0. The summed E-state index contributed by atoms with van der Waals surface area (Å²) in [7, 11) is 1.65. The van der Waals surface area contributed by atoms with Crippen LogP contribution in [0, 0.1) is 13.8 Å². The van der Waals surface area contributed by atoms with E-state index in [1.54, 1.807) is 7.11 Å². The van der Waals surface area contributed by atoms with Gasteiger partial charge in [0.05, 0.1) is 11.9 Å². The maximum Gasteiger partial charge on any atom is 0.365 e. The molecule has 0 radical (unpaired) electrons. The Morgan fingerprint density at radius 3 is 2.25 bits per heavy atom. The second kappa shape index (κ2) is 9.21. The molecule has 0 amide bonds. The molecule has 0 saturated carbocycles. The first-order valence-corrected chi connectivity index (χ1v) is 11.0. The van der Waals surface area contributed by atoms with Crippen LogP contribution in [0.2, 0.25) is 0 Å². The number of methoxy groups -OCH3 is 1. The molecule has 0 N–H and O–H groups in total. The van der Waals surface area contributed by atoms with Gasteiger partial charge in [-0.1, -0.05) is 38.1 Å². The second-order valence-corrected chi connectivity index (χ2v) is 8.52. The van der Waals surface area contributed by atoms with Gasteiger partial charge in [-0.05, 0) is 101 Å². The van der Waals surface area contributed by atoms with Gasteiger partial charge in [-0.25, -0.2) is 0 Å². The summed E-state index contributed by atoms with van der Waals surface area (Å²) in [5.41, 5.74) is 10.7. The largest absolute Gasteiger partial charge is 0.497 e. The Morgan fingerprint density at radius 2 is 1.59 bits per heavy atom. The Kier molecular flexibility index (Phi) is 6.20. The fraction of sp³-hybridized carbons (Fsp3) is 0.207. The monoisotopic (exact) mass is 421 g/mol. The highest BCUT2D eigenvalue weighted by Crippen LogP contribution is 2.37. The molecule has 1 aromatic rings. The van der Waals surface area contributed by atoms with Gasteiger partial charge < -0.3 is 4.74 Å². The molecule has 0 heterocycles. The molecule has 0 fully saturated rings. The SMILES string of the molecule is COc1ccc(N=[N+]=C2C=CC(=Cc3cc(C)c4cc(C(C)C)ccc(C)c3-4)C=C2)cc1. The van der Waals surface area contributed by atoms with Crippen LogP contribution in [0.3, 0.4) is 0 Å². The van der Waals surface area contributed by atoms with E-state index in [4.69, 9.17) is 4.74 Å². The summed E-state index contributed by atoms with van der Waals surface area (Å²) in [4.78, 5) is 4.35. The Bertz CT molecular complexity index is 1250. The Balaban J connectivity index is 1.61. The molecule has 0 aliphatic heterocycles. The molecule has 0 atom stereocenters. The van der Waals surface area contributed by atoms with Gasteiger partial charge in [-0.3, -0.25) is 0 Å². The minimum Gasteiger partial charge on any atom is -0.497 e. The van der Waals surface area contributed by atoms with Crippen LogP contribution in [0.1, 0.15) is 42.0 Å². The van der Waals surface area contributed by atoms with Crippen LogP contribution in [0.15, 0.2) is 83.5 Å². The maximum atomic E-state index is 5.18. The molecule has 3 nitrogen and oxygen atoms in total. The van der Waals surface area contributed by atoms with Gasteiger partial charge >= 0.3 is 5.71 Å². The third-order valence-corrected chi connectivity index (χ3v) is 5.82. The lowest BCUT2D eigenvalue weighted by Crippen LogP contribution is -1.94. The van der Waals surface area contributed by atoms with Crippen molar-refractivity contribution in [2.24, 2.45) is 5.11 Å². The van der Waals surface area contributed by atoms with Gasteiger partial charge in [0.1, 0.15) is 16.6 Å². The lowest BCUT2D eigenvalue weighted by atomic mass is 9.99. The van der Waals surface area contributed by atoms with Crippen molar-refractivity contribution in [3.05, 3.63) is 101 Å². The summed E-state index contributed by atoms with van der Waals surface area (Å²) in [5, 5.41) is 4.31. The normalized spacial score (nSPS) is 12.9. The summed E-state index contributed by atoms with van der Waals surface area (Å²) in [6.07, 6.45) is 10.4. The molecular formula is C29H29N2O+. The zero-order valence-corrected chi connectivity index (χ0v) is 19.4. The third kappa shape index (κ3) is 4.64. The number of allylic oxidation sites excluding steroid dienone is 5. The van der Waals surface area contributed by atoms with Crippen molar-refractivity contribution in [1.29, 1.82) is 0 Å². The van der Waals surface area contributed by atoms with E-state index in [-0.39, 0.29) is 0 Å². The fourth-order valence-electron chi connectivity index (χ4n) is 3.94. The molecule has 4 rings (SSSR count). The fourth-order valence-corrected chi connectivity index (χ4v) is 3.94. The molecule has 3 heteroatoms. The Labute approximate surface area is 190 Å².